The van der Waals surface area contributed by atoms with E-state index in [0.29, 0.717) is 25.1 Å². The molecule has 0 saturated carbocycles. The zero-order valence-electron chi connectivity index (χ0n) is 9.69. The smallest absolute Gasteiger partial charge is 0.341 e. The highest BCUT2D eigenvalue weighted by Gasteiger charge is 2.07. The van der Waals surface area contributed by atoms with E-state index < -0.39 is 5.97 Å². The molecule has 1 rings (SSSR count). The summed E-state index contributed by atoms with van der Waals surface area (Å²) in [5.41, 5.74) is 0.390. The van der Waals surface area contributed by atoms with Crippen LogP contribution < -0.4 is 10.6 Å². The monoisotopic (exact) mass is 240 g/mol. The van der Waals surface area contributed by atoms with Crippen LogP contribution in [0.1, 0.15) is 23.7 Å². The normalized spacial score (nSPS) is 9.71. The molecule has 2 N–H and O–H groups in total. The van der Waals surface area contributed by atoms with Crippen LogP contribution in [-0.4, -0.2) is 31.7 Å². The number of furan rings is 1. The molecule has 1 aromatic rings. The van der Waals surface area contributed by atoms with E-state index in [1.54, 1.807) is 0 Å². The molecule has 2 amide bonds. The fraction of sp³-hybridized carbons (Fsp3) is 0.455. The standard InChI is InChI=1S/C11H16N2O4/c1-2-12-11(15)13-5-3-6-17-10(14)9-4-7-16-8-9/h4,7-8H,2-3,5-6H2,1H3,(H2,12,13,15). The molecular formula is C11H16N2O4. The van der Waals surface area contributed by atoms with Gasteiger partial charge in [-0.3, -0.25) is 0 Å². The Morgan fingerprint density at radius 1 is 1.41 bits per heavy atom. The second-order valence-electron chi connectivity index (χ2n) is 3.29. The van der Waals surface area contributed by atoms with Crippen molar-refractivity contribution in [3.63, 3.8) is 0 Å². The Morgan fingerprint density at radius 3 is 2.88 bits per heavy atom. The molecular weight excluding hydrogens is 224 g/mol. The van der Waals surface area contributed by atoms with Crippen LogP contribution in [0.3, 0.4) is 0 Å². The number of carbonyl (C=O) groups excluding carboxylic acids is 2. The number of ether oxygens (including phenoxy) is 1. The Hall–Kier alpha value is -1.98. The lowest BCUT2D eigenvalue weighted by Gasteiger charge is -2.06. The number of hydrogen-bond acceptors (Lipinski definition) is 4. The third kappa shape index (κ3) is 5.05. The Kier molecular flexibility index (Phi) is 5.63. The quantitative estimate of drug-likeness (QED) is 0.577. The first-order valence-electron chi connectivity index (χ1n) is 5.45. The Labute approximate surface area is 99.3 Å². The third-order valence-corrected chi connectivity index (χ3v) is 1.93. The van der Waals surface area contributed by atoms with E-state index in [0.717, 1.165) is 0 Å². The van der Waals surface area contributed by atoms with Crippen LogP contribution in [-0.2, 0) is 4.74 Å². The molecule has 1 heterocycles. The largest absolute Gasteiger partial charge is 0.472 e. The van der Waals surface area contributed by atoms with Crippen molar-refractivity contribution in [2.75, 3.05) is 19.7 Å². The summed E-state index contributed by atoms with van der Waals surface area (Å²) in [4.78, 5) is 22.3. The van der Waals surface area contributed by atoms with Gasteiger partial charge in [-0.15, -0.1) is 0 Å². The van der Waals surface area contributed by atoms with Gasteiger partial charge in [0.05, 0.1) is 18.4 Å². The van der Waals surface area contributed by atoms with Gasteiger partial charge in [0.1, 0.15) is 6.26 Å². The lowest BCUT2D eigenvalue weighted by Crippen LogP contribution is -2.36. The lowest BCUT2D eigenvalue weighted by atomic mass is 10.3. The summed E-state index contributed by atoms with van der Waals surface area (Å²) in [7, 11) is 0. The second kappa shape index (κ2) is 7.32. The average molecular weight is 240 g/mol. The predicted molar refractivity (Wildman–Crippen MR) is 60.7 cm³/mol. The molecule has 0 radical (unpaired) electrons. The van der Waals surface area contributed by atoms with Gasteiger partial charge >= 0.3 is 12.0 Å². The van der Waals surface area contributed by atoms with Gasteiger partial charge in [-0.25, -0.2) is 9.59 Å². The summed E-state index contributed by atoms with van der Waals surface area (Å²) in [5, 5.41) is 5.23. The van der Waals surface area contributed by atoms with E-state index in [9.17, 15) is 9.59 Å². The Balaban J connectivity index is 2.05. The van der Waals surface area contributed by atoms with Crippen LogP contribution in [0.5, 0.6) is 0 Å². The van der Waals surface area contributed by atoms with Crippen molar-refractivity contribution in [1.29, 1.82) is 0 Å². The molecule has 0 spiro atoms. The van der Waals surface area contributed by atoms with Crippen LogP contribution in [0.25, 0.3) is 0 Å². The molecule has 0 unspecified atom stereocenters. The number of amides is 2. The zero-order chi connectivity index (χ0) is 12.5. The van der Waals surface area contributed by atoms with Crippen LogP contribution in [0, 0.1) is 0 Å². The van der Waals surface area contributed by atoms with E-state index in [-0.39, 0.29) is 12.6 Å². The Bertz CT molecular complexity index is 348. The summed E-state index contributed by atoms with van der Waals surface area (Å²) in [6.45, 7) is 3.15. The minimum Gasteiger partial charge on any atom is -0.472 e. The minimum absolute atomic E-state index is 0.214. The second-order valence-corrected chi connectivity index (χ2v) is 3.29. The molecule has 1 aromatic heterocycles. The van der Waals surface area contributed by atoms with E-state index >= 15 is 0 Å². The van der Waals surface area contributed by atoms with E-state index in [1.165, 1.54) is 18.6 Å². The van der Waals surface area contributed by atoms with E-state index in [4.69, 9.17) is 9.15 Å². The number of urea groups is 1. The molecule has 17 heavy (non-hydrogen) atoms. The van der Waals surface area contributed by atoms with Crippen molar-refractivity contribution < 1.29 is 18.7 Å². The highest BCUT2D eigenvalue weighted by molar-refractivity contribution is 5.88. The molecule has 94 valence electrons. The molecule has 6 nitrogen and oxygen atoms in total. The fourth-order valence-electron chi connectivity index (χ4n) is 1.13. The van der Waals surface area contributed by atoms with Gasteiger partial charge in [0, 0.05) is 13.1 Å². The first kappa shape index (κ1) is 13.1. The van der Waals surface area contributed by atoms with Gasteiger partial charge in [-0.05, 0) is 19.4 Å². The summed E-state index contributed by atoms with van der Waals surface area (Å²) in [6, 6.07) is 1.32. The first-order valence-corrected chi connectivity index (χ1v) is 5.45. The van der Waals surface area contributed by atoms with Gasteiger partial charge in [-0.1, -0.05) is 0 Å². The molecule has 0 aliphatic heterocycles. The molecule has 0 aliphatic carbocycles. The predicted octanol–water partition coefficient (Wildman–Crippen LogP) is 1.15. The highest BCUT2D eigenvalue weighted by Crippen LogP contribution is 2.02. The number of esters is 1. The van der Waals surface area contributed by atoms with Crippen molar-refractivity contribution in [3.05, 3.63) is 24.2 Å². The first-order chi connectivity index (χ1) is 8.24. The van der Waals surface area contributed by atoms with Crippen molar-refractivity contribution >= 4 is 12.0 Å². The maximum absolute atomic E-state index is 11.3. The van der Waals surface area contributed by atoms with Crippen LogP contribution in [0.4, 0.5) is 4.79 Å². The van der Waals surface area contributed by atoms with E-state index in [1.807, 2.05) is 6.92 Å². The molecule has 0 saturated heterocycles. The molecule has 0 fully saturated rings. The molecule has 0 atom stereocenters. The minimum atomic E-state index is -0.420. The number of carbonyl (C=O) groups is 2. The number of rotatable bonds is 6. The lowest BCUT2D eigenvalue weighted by molar-refractivity contribution is 0.0501. The van der Waals surface area contributed by atoms with Crippen molar-refractivity contribution in [2.24, 2.45) is 0 Å². The van der Waals surface area contributed by atoms with Gasteiger partial charge < -0.3 is 19.8 Å². The van der Waals surface area contributed by atoms with Crippen molar-refractivity contribution in [3.8, 4) is 0 Å². The fourth-order valence-corrected chi connectivity index (χ4v) is 1.13. The van der Waals surface area contributed by atoms with Crippen molar-refractivity contribution in [1.82, 2.24) is 10.6 Å². The summed E-state index contributed by atoms with van der Waals surface area (Å²) in [5.74, 6) is -0.420. The van der Waals surface area contributed by atoms with Gasteiger partial charge in [-0.2, -0.15) is 0 Å². The highest BCUT2D eigenvalue weighted by atomic mass is 16.5. The molecule has 0 aliphatic rings. The maximum atomic E-state index is 11.3. The SMILES string of the molecule is CCNC(=O)NCCCOC(=O)c1ccoc1. The van der Waals surface area contributed by atoms with Gasteiger partial charge in [0.15, 0.2) is 0 Å². The Morgan fingerprint density at radius 2 is 2.24 bits per heavy atom. The summed E-state index contributed by atoms with van der Waals surface area (Å²) >= 11 is 0. The van der Waals surface area contributed by atoms with Crippen LogP contribution in [0.2, 0.25) is 0 Å². The summed E-state index contributed by atoms with van der Waals surface area (Å²) in [6.07, 6.45) is 3.31. The van der Waals surface area contributed by atoms with Crippen LogP contribution >= 0.6 is 0 Å². The van der Waals surface area contributed by atoms with Crippen molar-refractivity contribution in [2.45, 2.75) is 13.3 Å². The van der Waals surface area contributed by atoms with Crippen LogP contribution in [0.15, 0.2) is 23.0 Å². The molecule has 0 bridgehead atoms. The topological polar surface area (TPSA) is 80.6 Å². The van der Waals surface area contributed by atoms with Gasteiger partial charge in [0.2, 0.25) is 0 Å². The molecule has 6 heteroatoms. The maximum Gasteiger partial charge on any atom is 0.341 e. The summed E-state index contributed by atoms with van der Waals surface area (Å²) < 4.78 is 9.71. The van der Waals surface area contributed by atoms with E-state index in [2.05, 4.69) is 10.6 Å². The molecule has 0 aromatic carbocycles. The number of hydrogen-bond donors (Lipinski definition) is 2. The average Bonchev–Trinajstić information content (AvgIpc) is 2.82. The van der Waals surface area contributed by atoms with Gasteiger partial charge in [0.25, 0.3) is 0 Å². The number of nitrogens with one attached hydrogen (secondary N) is 2. The third-order valence-electron chi connectivity index (χ3n) is 1.93. The zero-order valence-corrected chi connectivity index (χ0v) is 9.69.